The minimum absolute atomic E-state index is 0.142. The number of nitrogens with zero attached hydrogens (tertiary/aromatic N) is 2. The van der Waals surface area contributed by atoms with E-state index < -0.39 is 6.09 Å². The van der Waals surface area contributed by atoms with Gasteiger partial charge in [0.2, 0.25) is 5.91 Å². The lowest BCUT2D eigenvalue weighted by Gasteiger charge is -2.33. The van der Waals surface area contributed by atoms with Crippen molar-refractivity contribution in [1.82, 2.24) is 20.1 Å². The van der Waals surface area contributed by atoms with Gasteiger partial charge in [0.1, 0.15) is 6.61 Å². The number of ether oxygens (including phenoxy) is 3. The van der Waals surface area contributed by atoms with Crippen LogP contribution in [0.1, 0.15) is 31.2 Å². The number of para-hydroxylation sites is 1. The van der Waals surface area contributed by atoms with E-state index in [1.54, 1.807) is 14.2 Å². The minimum Gasteiger partial charge on any atom is -0.447 e. The Hall–Kier alpha value is -2.62. The number of piperidine rings is 1. The molecular formula is C26H38N4O5. The largest absolute Gasteiger partial charge is 0.447 e. The number of hydrogen-bond donors (Lipinski definition) is 2. The molecule has 35 heavy (non-hydrogen) atoms. The van der Waals surface area contributed by atoms with Crippen LogP contribution in [0.5, 0.6) is 0 Å². The minimum atomic E-state index is -0.470. The number of alkyl carbamates (subject to hydrolysis) is 1. The van der Waals surface area contributed by atoms with E-state index in [1.165, 1.54) is 16.5 Å². The maximum atomic E-state index is 13.7. The van der Waals surface area contributed by atoms with E-state index in [4.69, 9.17) is 14.2 Å². The summed E-state index contributed by atoms with van der Waals surface area (Å²) in [4.78, 5) is 27.8. The van der Waals surface area contributed by atoms with Crippen molar-refractivity contribution < 1.29 is 23.8 Å². The summed E-state index contributed by atoms with van der Waals surface area (Å²) in [6.07, 6.45) is 5.37. The number of fused-ring (bicyclic) bond motifs is 1. The predicted molar refractivity (Wildman–Crippen MR) is 133 cm³/mol. The van der Waals surface area contributed by atoms with Crippen LogP contribution in [0.15, 0.2) is 30.5 Å². The van der Waals surface area contributed by atoms with Crippen LogP contribution in [0.2, 0.25) is 0 Å². The van der Waals surface area contributed by atoms with E-state index in [2.05, 4.69) is 50.6 Å². The molecule has 9 nitrogen and oxygen atoms in total. The molecule has 1 saturated carbocycles. The molecule has 2 unspecified atom stereocenters. The van der Waals surface area contributed by atoms with Crippen LogP contribution in [-0.2, 0) is 32.1 Å². The number of amides is 2. The number of aryl methyl sites for hydroxylation is 1. The fourth-order valence-corrected chi connectivity index (χ4v) is 4.87. The Labute approximate surface area is 207 Å². The summed E-state index contributed by atoms with van der Waals surface area (Å²) < 4.78 is 17.5. The zero-order chi connectivity index (χ0) is 24.6. The summed E-state index contributed by atoms with van der Waals surface area (Å²) in [5, 5.41) is 7.40. The van der Waals surface area contributed by atoms with Gasteiger partial charge in [-0.3, -0.25) is 4.79 Å². The predicted octanol–water partition coefficient (Wildman–Crippen LogP) is 2.52. The second kappa shape index (κ2) is 12.4. The van der Waals surface area contributed by atoms with E-state index in [9.17, 15) is 9.59 Å². The van der Waals surface area contributed by atoms with E-state index in [-0.39, 0.29) is 24.5 Å². The van der Waals surface area contributed by atoms with Crippen molar-refractivity contribution in [3.05, 3.63) is 36.0 Å². The van der Waals surface area contributed by atoms with Crippen molar-refractivity contribution in [2.45, 2.75) is 50.9 Å². The Morgan fingerprint density at radius 2 is 1.91 bits per heavy atom. The fraction of sp³-hybridized carbons (Fsp3) is 0.615. The fourth-order valence-electron chi connectivity index (χ4n) is 4.87. The second-order valence-electron chi connectivity index (χ2n) is 9.47. The molecule has 1 aromatic carbocycles. The van der Waals surface area contributed by atoms with Crippen LogP contribution in [0.3, 0.4) is 0 Å². The van der Waals surface area contributed by atoms with E-state index in [0.29, 0.717) is 38.7 Å². The number of rotatable bonds is 12. The number of hydrogen-bond acceptors (Lipinski definition) is 6. The highest BCUT2D eigenvalue weighted by Crippen LogP contribution is 2.33. The summed E-state index contributed by atoms with van der Waals surface area (Å²) in [5.41, 5.74) is 2.37. The number of carbonyl (C=O) groups is 2. The Balaban J connectivity index is 1.42. The molecule has 2 amide bonds. The summed E-state index contributed by atoms with van der Waals surface area (Å²) in [5.74, 6) is -0.0147. The first-order chi connectivity index (χ1) is 17.1. The molecule has 1 aliphatic carbocycles. The Morgan fingerprint density at radius 1 is 1.11 bits per heavy atom. The van der Waals surface area contributed by atoms with Crippen molar-refractivity contribution >= 4 is 22.9 Å². The number of methoxy groups -OCH3 is 2. The van der Waals surface area contributed by atoms with E-state index in [0.717, 1.165) is 32.4 Å². The van der Waals surface area contributed by atoms with Gasteiger partial charge in [-0.1, -0.05) is 18.2 Å². The Kier molecular flexibility index (Phi) is 9.01. The summed E-state index contributed by atoms with van der Waals surface area (Å²) in [6, 6.07) is 8.56. The molecule has 2 fully saturated rings. The lowest BCUT2D eigenvalue weighted by molar-refractivity contribution is -0.137. The van der Waals surface area contributed by atoms with Crippen molar-refractivity contribution in [2.24, 2.45) is 5.92 Å². The molecule has 0 radical (unpaired) electrons. The Bertz CT molecular complexity index is 989. The molecule has 0 spiro atoms. The van der Waals surface area contributed by atoms with Crippen LogP contribution < -0.4 is 10.6 Å². The van der Waals surface area contributed by atoms with Gasteiger partial charge in [0.15, 0.2) is 0 Å². The van der Waals surface area contributed by atoms with Gasteiger partial charge < -0.3 is 34.3 Å². The van der Waals surface area contributed by atoms with Gasteiger partial charge in [-0.25, -0.2) is 4.79 Å². The topological polar surface area (TPSA) is 94.1 Å². The third-order valence-corrected chi connectivity index (χ3v) is 6.77. The third kappa shape index (κ3) is 6.74. The number of nitrogens with one attached hydrogen (secondary N) is 2. The molecule has 2 heterocycles. The summed E-state index contributed by atoms with van der Waals surface area (Å²) >= 11 is 0. The zero-order valence-corrected chi connectivity index (χ0v) is 20.8. The smallest absolute Gasteiger partial charge is 0.407 e. The highest BCUT2D eigenvalue weighted by atomic mass is 16.6. The second-order valence-corrected chi connectivity index (χ2v) is 9.47. The first-order valence-electron chi connectivity index (χ1n) is 12.6. The molecule has 4 rings (SSSR count). The number of aromatic nitrogens is 1. The SMILES string of the molecule is COCCCn1cc(CN(C(=O)C2CNCC(NC(=O)OCCOC)C2)C2CC2)c2ccccc21. The third-order valence-electron chi connectivity index (χ3n) is 6.77. The lowest BCUT2D eigenvalue weighted by atomic mass is 9.94. The highest BCUT2D eigenvalue weighted by molar-refractivity contribution is 5.85. The molecule has 2 aliphatic rings. The molecule has 1 aromatic heterocycles. The maximum Gasteiger partial charge on any atom is 0.407 e. The molecule has 1 saturated heterocycles. The molecule has 2 N–H and O–H groups in total. The van der Waals surface area contributed by atoms with Gasteiger partial charge in [0.25, 0.3) is 0 Å². The van der Waals surface area contributed by atoms with Crippen LogP contribution in [0.4, 0.5) is 4.79 Å². The van der Waals surface area contributed by atoms with Crippen molar-refractivity contribution in [3.63, 3.8) is 0 Å². The molecule has 0 bridgehead atoms. The standard InChI is InChI=1S/C26H38N4O5/c1-33-11-5-10-29-17-20(23-6-3-4-7-24(23)29)18-30(22-8-9-22)25(31)19-14-21(16-27-15-19)28-26(32)35-13-12-34-2/h3-4,6-7,17,19,21-22,27H,5,8-16,18H2,1-2H3,(H,28,32). The van der Waals surface area contributed by atoms with Gasteiger partial charge in [-0.2, -0.15) is 0 Å². The van der Waals surface area contributed by atoms with Crippen molar-refractivity contribution in [2.75, 3.05) is 47.1 Å². The lowest BCUT2D eigenvalue weighted by Crippen LogP contribution is -2.53. The molecule has 1 aliphatic heterocycles. The molecule has 2 aromatic rings. The average Bonchev–Trinajstić information content (AvgIpc) is 3.65. The maximum absolute atomic E-state index is 13.7. The first-order valence-corrected chi connectivity index (χ1v) is 12.6. The zero-order valence-electron chi connectivity index (χ0n) is 20.8. The van der Waals surface area contributed by atoms with Gasteiger partial charge in [-0.05, 0) is 37.3 Å². The van der Waals surface area contributed by atoms with E-state index in [1.807, 2.05) is 0 Å². The molecule has 2 atom stereocenters. The van der Waals surface area contributed by atoms with Crippen LogP contribution in [-0.4, -0.2) is 80.7 Å². The average molecular weight is 487 g/mol. The van der Waals surface area contributed by atoms with Crippen LogP contribution in [0.25, 0.3) is 10.9 Å². The van der Waals surface area contributed by atoms with Crippen LogP contribution in [0, 0.1) is 5.92 Å². The van der Waals surface area contributed by atoms with Gasteiger partial charge >= 0.3 is 6.09 Å². The normalized spacial score (nSPS) is 20.1. The van der Waals surface area contributed by atoms with Crippen LogP contribution >= 0.6 is 0 Å². The van der Waals surface area contributed by atoms with Gasteiger partial charge in [0, 0.05) is 76.2 Å². The van der Waals surface area contributed by atoms with Gasteiger partial charge in [-0.15, -0.1) is 0 Å². The Morgan fingerprint density at radius 3 is 2.69 bits per heavy atom. The summed E-state index contributed by atoms with van der Waals surface area (Å²) in [7, 11) is 3.29. The molecule has 192 valence electrons. The van der Waals surface area contributed by atoms with Crippen molar-refractivity contribution in [3.8, 4) is 0 Å². The van der Waals surface area contributed by atoms with E-state index >= 15 is 0 Å². The highest BCUT2D eigenvalue weighted by Gasteiger charge is 2.38. The van der Waals surface area contributed by atoms with Crippen molar-refractivity contribution in [1.29, 1.82) is 0 Å². The molecular weight excluding hydrogens is 448 g/mol. The van der Waals surface area contributed by atoms with Gasteiger partial charge in [0.05, 0.1) is 12.5 Å². The number of carbonyl (C=O) groups excluding carboxylic acids is 2. The monoisotopic (exact) mass is 486 g/mol. The number of benzene rings is 1. The summed E-state index contributed by atoms with van der Waals surface area (Å²) in [6.45, 7) is 4.02. The molecule has 9 heteroatoms. The quantitative estimate of drug-likeness (QED) is 0.448. The first kappa shape index (κ1) is 25.5.